The number of rotatable bonds is 3. The predicted molar refractivity (Wildman–Crippen MR) is 73.7 cm³/mol. The van der Waals surface area contributed by atoms with E-state index in [4.69, 9.17) is 4.74 Å². The summed E-state index contributed by atoms with van der Waals surface area (Å²) in [4.78, 5) is 13.7. The number of amides is 1. The molecule has 0 atom stereocenters. The Labute approximate surface area is 119 Å². The van der Waals surface area contributed by atoms with E-state index in [1.165, 1.54) is 29.8 Å². The summed E-state index contributed by atoms with van der Waals surface area (Å²) >= 11 is 0. The minimum atomic E-state index is 0. The van der Waals surface area contributed by atoms with Gasteiger partial charge in [-0.25, -0.2) is 0 Å². The summed E-state index contributed by atoms with van der Waals surface area (Å²) in [6.45, 7) is 1.73. The highest BCUT2D eigenvalue weighted by molar-refractivity contribution is 5.85. The van der Waals surface area contributed by atoms with Gasteiger partial charge < -0.3 is 9.64 Å². The van der Waals surface area contributed by atoms with Crippen LogP contribution >= 0.6 is 12.4 Å². The van der Waals surface area contributed by atoms with Gasteiger partial charge in [-0.05, 0) is 24.8 Å². The summed E-state index contributed by atoms with van der Waals surface area (Å²) in [6, 6.07) is 0. The Bertz CT molecular complexity index is 457. The maximum Gasteiger partial charge on any atom is 0.248 e. The maximum atomic E-state index is 11.8. The minimum Gasteiger partial charge on any atom is -0.375 e. The molecule has 19 heavy (non-hydrogen) atoms. The smallest absolute Gasteiger partial charge is 0.248 e. The van der Waals surface area contributed by atoms with Crippen LogP contribution in [-0.4, -0.2) is 47.8 Å². The van der Waals surface area contributed by atoms with Gasteiger partial charge in [0.25, 0.3) is 0 Å². The molecule has 5 nitrogen and oxygen atoms in total. The lowest BCUT2D eigenvalue weighted by Crippen LogP contribution is -2.35. The molecule has 2 aliphatic rings. The van der Waals surface area contributed by atoms with Crippen molar-refractivity contribution in [2.75, 3.05) is 26.8 Å². The highest BCUT2D eigenvalue weighted by Crippen LogP contribution is 2.41. The zero-order valence-electron chi connectivity index (χ0n) is 11.1. The third-order valence-electron chi connectivity index (χ3n) is 3.83. The second-order valence-electron chi connectivity index (χ2n) is 5.15. The van der Waals surface area contributed by atoms with Crippen LogP contribution in [0.2, 0.25) is 0 Å². The van der Waals surface area contributed by atoms with Gasteiger partial charge in [0.1, 0.15) is 6.61 Å². The van der Waals surface area contributed by atoms with Gasteiger partial charge in [-0.3, -0.25) is 9.89 Å². The Morgan fingerprint density at radius 2 is 2.16 bits per heavy atom. The summed E-state index contributed by atoms with van der Waals surface area (Å²) < 4.78 is 4.92. The normalized spacial score (nSPS) is 18.5. The van der Waals surface area contributed by atoms with E-state index in [1.54, 1.807) is 7.11 Å². The van der Waals surface area contributed by atoms with Crippen LogP contribution in [0.25, 0.3) is 0 Å². The maximum absolute atomic E-state index is 11.8. The van der Waals surface area contributed by atoms with Gasteiger partial charge in [-0.2, -0.15) is 5.10 Å². The van der Waals surface area contributed by atoms with Crippen molar-refractivity contribution >= 4 is 18.3 Å². The Hall–Kier alpha value is -1.07. The molecular formula is C13H20ClN3O2. The molecule has 1 fully saturated rings. The first kappa shape index (κ1) is 14.3. The van der Waals surface area contributed by atoms with Gasteiger partial charge in [0.05, 0.1) is 5.69 Å². The third-order valence-corrected chi connectivity index (χ3v) is 3.83. The SMILES string of the molecule is COCC(=O)N1CCc2[nH]nc(C3CC3)c2CC1.Cl. The van der Waals surface area contributed by atoms with E-state index in [9.17, 15) is 4.79 Å². The zero-order valence-corrected chi connectivity index (χ0v) is 12.0. The Balaban J connectivity index is 0.00000133. The largest absolute Gasteiger partial charge is 0.375 e. The standard InChI is InChI=1S/C13H19N3O2.ClH/c1-18-8-12(17)16-6-4-10-11(5-7-16)14-15-13(10)9-2-3-9;/h9H,2-8H2,1H3,(H,14,15);1H. The first-order valence-corrected chi connectivity index (χ1v) is 6.62. The van der Waals surface area contributed by atoms with Crippen molar-refractivity contribution in [1.82, 2.24) is 15.1 Å². The number of H-pyrrole nitrogens is 1. The van der Waals surface area contributed by atoms with Crippen molar-refractivity contribution in [3.63, 3.8) is 0 Å². The number of aromatic amines is 1. The minimum absolute atomic E-state index is 0. The number of aromatic nitrogens is 2. The number of hydrogen-bond donors (Lipinski definition) is 1. The van der Waals surface area contributed by atoms with Crippen molar-refractivity contribution < 1.29 is 9.53 Å². The molecule has 6 heteroatoms. The van der Waals surface area contributed by atoms with Crippen LogP contribution in [0.15, 0.2) is 0 Å². The quantitative estimate of drug-likeness (QED) is 0.910. The fourth-order valence-electron chi connectivity index (χ4n) is 2.67. The molecule has 0 radical (unpaired) electrons. The molecule has 0 saturated heterocycles. The number of methoxy groups -OCH3 is 1. The molecule has 0 aromatic carbocycles. The average molecular weight is 286 g/mol. The van der Waals surface area contributed by atoms with Crippen LogP contribution in [0.4, 0.5) is 0 Å². The van der Waals surface area contributed by atoms with E-state index in [-0.39, 0.29) is 24.9 Å². The fraction of sp³-hybridized carbons (Fsp3) is 0.692. The monoisotopic (exact) mass is 285 g/mol. The number of carbonyl (C=O) groups is 1. The average Bonchev–Trinajstić information content (AvgIpc) is 3.16. The van der Waals surface area contributed by atoms with Gasteiger partial charge in [0.15, 0.2) is 0 Å². The highest BCUT2D eigenvalue weighted by atomic mass is 35.5. The van der Waals surface area contributed by atoms with E-state index in [2.05, 4.69) is 10.2 Å². The van der Waals surface area contributed by atoms with E-state index < -0.39 is 0 Å². The molecule has 1 N–H and O–H groups in total. The summed E-state index contributed by atoms with van der Waals surface area (Å²) in [5.74, 6) is 0.759. The number of carbonyl (C=O) groups excluding carboxylic acids is 1. The zero-order chi connectivity index (χ0) is 12.5. The van der Waals surface area contributed by atoms with Gasteiger partial charge >= 0.3 is 0 Å². The lowest BCUT2D eigenvalue weighted by atomic mass is 10.1. The number of fused-ring (bicyclic) bond motifs is 1. The van der Waals surface area contributed by atoms with Crippen molar-refractivity contribution in [2.24, 2.45) is 0 Å². The molecule has 1 saturated carbocycles. The second kappa shape index (κ2) is 5.92. The van der Waals surface area contributed by atoms with E-state index in [1.807, 2.05) is 4.90 Å². The summed E-state index contributed by atoms with van der Waals surface area (Å²) in [5.41, 5.74) is 3.85. The molecule has 106 valence electrons. The molecule has 1 aliphatic carbocycles. The molecular weight excluding hydrogens is 266 g/mol. The molecule has 1 aliphatic heterocycles. The van der Waals surface area contributed by atoms with E-state index >= 15 is 0 Å². The Morgan fingerprint density at radius 3 is 2.84 bits per heavy atom. The molecule has 1 aromatic rings. The van der Waals surface area contributed by atoms with Gasteiger partial charge in [-0.15, -0.1) is 12.4 Å². The van der Waals surface area contributed by atoms with Gasteiger partial charge in [0.2, 0.25) is 5.91 Å². The number of hydrogen-bond acceptors (Lipinski definition) is 3. The van der Waals surface area contributed by atoms with Crippen LogP contribution in [0.5, 0.6) is 0 Å². The Kier molecular flexibility index (Phi) is 4.47. The fourth-order valence-corrected chi connectivity index (χ4v) is 2.67. The summed E-state index contributed by atoms with van der Waals surface area (Å²) in [6.07, 6.45) is 4.34. The Morgan fingerprint density at radius 1 is 1.42 bits per heavy atom. The molecule has 2 heterocycles. The topological polar surface area (TPSA) is 58.2 Å². The summed E-state index contributed by atoms with van der Waals surface area (Å²) in [7, 11) is 1.56. The van der Waals surface area contributed by atoms with Crippen LogP contribution in [0.1, 0.15) is 35.7 Å². The van der Waals surface area contributed by atoms with Crippen LogP contribution < -0.4 is 0 Å². The molecule has 1 amide bonds. The van der Waals surface area contributed by atoms with Crippen molar-refractivity contribution in [3.05, 3.63) is 17.0 Å². The van der Waals surface area contributed by atoms with Crippen LogP contribution in [0.3, 0.4) is 0 Å². The lowest BCUT2D eigenvalue weighted by molar-refractivity contribution is -0.135. The highest BCUT2D eigenvalue weighted by Gasteiger charge is 2.31. The predicted octanol–water partition coefficient (Wildman–Crippen LogP) is 1.28. The molecule has 3 rings (SSSR count). The van der Waals surface area contributed by atoms with Crippen LogP contribution in [0, 0.1) is 0 Å². The number of halogens is 1. The summed E-state index contributed by atoms with van der Waals surface area (Å²) in [5, 5.41) is 7.61. The van der Waals surface area contributed by atoms with Crippen molar-refractivity contribution in [3.8, 4) is 0 Å². The first-order valence-electron chi connectivity index (χ1n) is 6.62. The number of nitrogens with one attached hydrogen (secondary N) is 1. The third kappa shape index (κ3) is 2.92. The van der Waals surface area contributed by atoms with E-state index in [0.29, 0.717) is 5.92 Å². The number of ether oxygens (including phenoxy) is 1. The van der Waals surface area contributed by atoms with Crippen molar-refractivity contribution in [1.29, 1.82) is 0 Å². The molecule has 0 bridgehead atoms. The molecule has 0 unspecified atom stereocenters. The molecule has 1 aromatic heterocycles. The first-order chi connectivity index (χ1) is 8.79. The van der Waals surface area contributed by atoms with E-state index in [0.717, 1.165) is 25.9 Å². The van der Waals surface area contributed by atoms with Crippen molar-refractivity contribution in [2.45, 2.75) is 31.6 Å². The number of nitrogens with zero attached hydrogens (tertiary/aromatic N) is 2. The second-order valence-corrected chi connectivity index (χ2v) is 5.15. The van der Waals surface area contributed by atoms with Gasteiger partial charge in [0, 0.05) is 38.2 Å². The van der Waals surface area contributed by atoms with Gasteiger partial charge in [-0.1, -0.05) is 0 Å². The molecule has 0 spiro atoms. The van der Waals surface area contributed by atoms with Crippen LogP contribution in [-0.2, 0) is 22.4 Å². The lowest BCUT2D eigenvalue weighted by Gasteiger charge is -2.19.